The molecule has 1 amide bonds. The Kier molecular flexibility index (Phi) is 3.90. The van der Waals surface area contributed by atoms with Crippen molar-refractivity contribution in [2.75, 3.05) is 5.32 Å². The summed E-state index contributed by atoms with van der Waals surface area (Å²) in [5, 5.41) is 13.6. The van der Waals surface area contributed by atoms with Gasteiger partial charge in [-0.1, -0.05) is 24.3 Å². The fourth-order valence-corrected chi connectivity index (χ4v) is 2.04. The maximum absolute atomic E-state index is 11.9. The van der Waals surface area contributed by atoms with Crippen LogP contribution in [0.25, 0.3) is 6.08 Å². The molecule has 0 spiro atoms. The quantitative estimate of drug-likeness (QED) is 0.675. The minimum Gasteiger partial charge on any atom is -0.321 e. The van der Waals surface area contributed by atoms with E-state index in [0.717, 1.165) is 4.88 Å². The Labute approximate surface area is 109 Å². The summed E-state index contributed by atoms with van der Waals surface area (Å²) in [5.74, 6) is -0.392. The average molecular weight is 254 g/mol. The molecular weight excluding hydrogens is 244 g/mol. The van der Waals surface area contributed by atoms with E-state index in [9.17, 15) is 4.79 Å². The third kappa shape index (κ3) is 3.06. The number of nitrogens with one attached hydrogen (secondary N) is 1. The van der Waals surface area contributed by atoms with Crippen LogP contribution in [0.2, 0.25) is 0 Å². The molecule has 0 aliphatic rings. The van der Waals surface area contributed by atoms with Gasteiger partial charge in [0.15, 0.2) is 0 Å². The van der Waals surface area contributed by atoms with Crippen LogP contribution >= 0.6 is 11.3 Å². The molecule has 4 heteroatoms. The van der Waals surface area contributed by atoms with E-state index in [1.54, 1.807) is 18.2 Å². The molecule has 0 bridgehead atoms. The van der Waals surface area contributed by atoms with Crippen LogP contribution in [0.4, 0.5) is 5.69 Å². The maximum Gasteiger partial charge on any atom is 0.266 e. The largest absolute Gasteiger partial charge is 0.321 e. The zero-order valence-corrected chi connectivity index (χ0v) is 10.3. The number of carbonyl (C=O) groups excluding carboxylic acids is 1. The molecule has 18 heavy (non-hydrogen) atoms. The molecule has 0 radical (unpaired) electrons. The molecule has 3 nitrogen and oxygen atoms in total. The predicted molar refractivity (Wildman–Crippen MR) is 73.0 cm³/mol. The number of anilines is 1. The van der Waals surface area contributed by atoms with Crippen molar-refractivity contribution in [1.29, 1.82) is 5.26 Å². The Morgan fingerprint density at radius 1 is 1.22 bits per heavy atom. The van der Waals surface area contributed by atoms with Gasteiger partial charge in [-0.25, -0.2) is 0 Å². The highest BCUT2D eigenvalue weighted by Crippen LogP contribution is 2.14. The van der Waals surface area contributed by atoms with Crippen LogP contribution in [-0.2, 0) is 4.79 Å². The van der Waals surface area contributed by atoms with Crippen LogP contribution in [0.5, 0.6) is 0 Å². The lowest BCUT2D eigenvalue weighted by atomic mass is 10.2. The van der Waals surface area contributed by atoms with Crippen LogP contribution in [0.1, 0.15) is 4.88 Å². The van der Waals surface area contributed by atoms with E-state index in [4.69, 9.17) is 5.26 Å². The van der Waals surface area contributed by atoms with Crippen LogP contribution in [-0.4, -0.2) is 5.91 Å². The number of rotatable bonds is 3. The normalized spacial score (nSPS) is 10.7. The second-order valence-electron chi connectivity index (χ2n) is 3.51. The number of thiophene rings is 1. The summed E-state index contributed by atoms with van der Waals surface area (Å²) in [6.07, 6.45) is 1.59. The van der Waals surface area contributed by atoms with Crippen molar-refractivity contribution in [3.8, 4) is 6.07 Å². The van der Waals surface area contributed by atoms with Crippen LogP contribution in [0.3, 0.4) is 0 Å². The summed E-state index contributed by atoms with van der Waals surface area (Å²) in [6.45, 7) is 0. The predicted octanol–water partition coefficient (Wildman–Crippen LogP) is 3.29. The van der Waals surface area contributed by atoms with E-state index in [-0.39, 0.29) is 5.57 Å². The number of nitrogens with zero attached hydrogens (tertiary/aromatic N) is 1. The average Bonchev–Trinajstić information content (AvgIpc) is 2.90. The van der Waals surface area contributed by atoms with Crippen molar-refractivity contribution in [2.45, 2.75) is 0 Å². The highest BCUT2D eigenvalue weighted by molar-refractivity contribution is 7.10. The Balaban J connectivity index is 2.15. The maximum atomic E-state index is 11.9. The molecule has 1 N–H and O–H groups in total. The van der Waals surface area contributed by atoms with E-state index in [1.165, 1.54) is 11.3 Å². The van der Waals surface area contributed by atoms with Crippen LogP contribution in [0, 0.1) is 11.3 Å². The molecule has 0 aliphatic carbocycles. The lowest BCUT2D eigenvalue weighted by Gasteiger charge is -2.02. The van der Waals surface area contributed by atoms with Gasteiger partial charge >= 0.3 is 0 Å². The summed E-state index contributed by atoms with van der Waals surface area (Å²) in [7, 11) is 0. The van der Waals surface area contributed by atoms with Gasteiger partial charge in [-0.3, -0.25) is 4.79 Å². The number of hydrogen-bond donors (Lipinski definition) is 1. The summed E-state index contributed by atoms with van der Waals surface area (Å²) in [6, 6.07) is 14.7. The van der Waals surface area contributed by atoms with Gasteiger partial charge in [-0.15, -0.1) is 11.3 Å². The van der Waals surface area contributed by atoms with Gasteiger partial charge in [0.25, 0.3) is 5.91 Å². The highest BCUT2D eigenvalue weighted by atomic mass is 32.1. The first-order valence-corrected chi connectivity index (χ1v) is 6.19. The topological polar surface area (TPSA) is 52.9 Å². The van der Waals surface area contributed by atoms with E-state index in [2.05, 4.69) is 5.32 Å². The van der Waals surface area contributed by atoms with Crippen molar-refractivity contribution in [3.63, 3.8) is 0 Å². The van der Waals surface area contributed by atoms with E-state index in [1.807, 2.05) is 41.8 Å². The minimum absolute atomic E-state index is 0.0984. The molecule has 1 aromatic carbocycles. The molecule has 0 aliphatic heterocycles. The van der Waals surface area contributed by atoms with Crippen LogP contribution < -0.4 is 5.32 Å². The molecule has 0 saturated carbocycles. The van der Waals surface area contributed by atoms with Gasteiger partial charge in [0.1, 0.15) is 11.6 Å². The Hall–Kier alpha value is -2.38. The number of benzene rings is 1. The molecular formula is C14H10N2OS. The van der Waals surface area contributed by atoms with E-state index >= 15 is 0 Å². The second kappa shape index (κ2) is 5.80. The van der Waals surface area contributed by atoms with Crippen molar-refractivity contribution >= 4 is 29.0 Å². The molecule has 0 saturated heterocycles. The lowest BCUT2D eigenvalue weighted by Crippen LogP contribution is -2.13. The Morgan fingerprint density at radius 3 is 2.61 bits per heavy atom. The number of hydrogen-bond acceptors (Lipinski definition) is 3. The molecule has 1 aromatic heterocycles. The Morgan fingerprint density at radius 2 is 2.00 bits per heavy atom. The first-order valence-electron chi connectivity index (χ1n) is 5.31. The molecule has 88 valence electrons. The Bertz CT molecular complexity index is 594. The second-order valence-corrected chi connectivity index (χ2v) is 4.48. The number of carbonyl (C=O) groups is 1. The first kappa shape index (κ1) is 12.1. The van der Waals surface area contributed by atoms with Gasteiger partial charge in [0, 0.05) is 10.6 Å². The third-order valence-electron chi connectivity index (χ3n) is 2.23. The van der Waals surface area contributed by atoms with Crippen molar-refractivity contribution in [3.05, 3.63) is 58.3 Å². The highest BCUT2D eigenvalue weighted by Gasteiger charge is 2.09. The first-order chi connectivity index (χ1) is 8.79. The monoisotopic (exact) mass is 254 g/mol. The van der Waals surface area contributed by atoms with Crippen molar-refractivity contribution in [2.24, 2.45) is 0 Å². The summed E-state index contributed by atoms with van der Waals surface area (Å²) < 4.78 is 0. The molecule has 0 fully saturated rings. The molecule has 1 heterocycles. The zero-order chi connectivity index (χ0) is 12.8. The van der Waals surface area contributed by atoms with Gasteiger partial charge in [0.05, 0.1) is 0 Å². The fraction of sp³-hybridized carbons (Fsp3) is 0. The van der Waals surface area contributed by atoms with Gasteiger partial charge < -0.3 is 5.32 Å². The van der Waals surface area contributed by atoms with E-state index in [0.29, 0.717) is 5.69 Å². The molecule has 2 rings (SSSR count). The van der Waals surface area contributed by atoms with E-state index < -0.39 is 5.91 Å². The lowest BCUT2D eigenvalue weighted by molar-refractivity contribution is -0.112. The van der Waals surface area contributed by atoms with Gasteiger partial charge in [0.2, 0.25) is 0 Å². The fourth-order valence-electron chi connectivity index (χ4n) is 1.38. The molecule has 2 aromatic rings. The third-order valence-corrected chi connectivity index (χ3v) is 3.05. The summed E-state index contributed by atoms with van der Waals surface area (Å²) in [4.78, 5) is 12.8. The number of nitriles is 1. The van der Waals surface area contributed by atoms with Crippen molar-refractivity contribution in [1.82, 2.24) is 0 Å². The minimum atomic E-state index is -0.392. The van der Waals surface area contributed by atoms with Crippen LogP contribution in [0.15, 0.2) is 53.4 Å². The molecule has 0 unspecified atom stereocenters. The van der Waals surface area contributed by atoms with Crippen molar-refractivity contribution < 1.29 is 4.79 Å². The summed E-state index contributed by atoms with van der Waals surface area (Å²) in [5.41, 5.74) is 0.774. The smallest absolute Gasteiger partial charge is 0.266 e. The number of amides is 1. The number of para-hydroxylation sites is 1. The SMILES string of the molecule is N#C/C(=C\c1cccs1)C(=O)Nc1ccccc1. The zero-order valence-electron chi connectivity index (χ0n) is 9.46. The van der Waals surface area contributed by atoms with Gasteiger partial charge in [-0.2, -0.15) is 5.26 Å². The standard InChI is InChI=1S/C14H10N2OS/c15-10-11(9-13-7-4-8-18-13)14(17)16-12-5-2-1-3-6-12/h1-9H,(H,16,17)/b11-9+. The molecule has 0 atom stereocenters. The van der Waals surface area contributed by atoms with Gasteiger partial charge in [-0.05, 0) is 29.7 Å². The summed E-state index contributed by atoms with van der Waals surface area (Å²) >= 11 is 1.48.